The molecule has 0 aliphatic heterocycles. The maximum absolute atomic E-state index is 13.0. The van der Waals surface area contributed by atoms with Gasteiger partial charge in [0, 0.05) is 35.0 Å². The molecule has 5 nitrogen and oxygen atoms in total. The summed E-state index contributed by atoms with van der Waals surface area (Å²) in [6, 6.07) is 25.6. The van der Waals surface area contributed by atoms with Crippen molar-refractivity contribution in [1.82, 2.24) is 5.32 Å². The van der Waals surface area contributed by atoms with Crippen molar-refractivity contribution < 1.29 is 14.3 Å². The Hall–Kier alpha value is -3.25. The third-order valence-electron chi connectivity index (χ3n) is 5.39. The van der Waals surface area contributed by atoms with E-state index < -0.39 is 0 Å². The average molecular weight is 491 g/mol. The van der Waals surface area contributed by atoms with Crippen LogP contribution >= 0.6 is 11.8 Å². The Labute approximate surface area is 212 Å². The van der Waals surface area contributed by atoms with Gasteiger partial charge in [0.2, 0.25) is 0 Å². The van der Waals surface area contributed by atoms with E-state index in [1.54, 1.807) is 17.8 Å². The van der Waals surface area contributed by atoms with Crippen molar-refractivity contribution in [2.24, 2.45) is 0 Å². The van der Waals surface area contributed by atoms with E-state index in [1.807, 2.05) is 72.5 Å². The van der Waals surface area contributed by atoms with Gasteiger partial charge in [-0.05, 0) is 67.3 Å². The van der Waals surface area contributed by atoms with Crippen molar-refractivity contribution in [3.8, 4) is 5.75 Å². The first-order valence-electron chi connectivity index (χ1n) is 12.3. The lowest BCUT2D eigenvalue weighted by Crippen LogP contribution is -2.41. The van der Waals surface area contributed by atoms with E-state index in [0.29, 0.717) is 25.3 Å². The number of unbranched alkanes of at least 4 members (excludes halogenated alkanes) is 1. The van der Waals surface area contributed by atoms with Crippen LogP contribution in [0.3, 0.4) is 0 Å². The van der Waals surface area contributed by atoms with E-state index in [0.717, 1.165) is 41.2 Å². The standard InChI is InChI=1S/C29H34N2O3S/c1-3-5-21-31(29(33)30-20-19-23-11-7-6-8-12-23)24-15-17-26(18-16-24)35-27-14-9-13-25(22-27)34-28(32)10-4-2/h6-9,11-18,22H,3-5,10,19-21H2,1-2H3,(H,30,33). The van der Waals surface area contributed by atoms with Gasteiger partial charge in [-0.3, -0.25) is 9.69 Å². The molecule has 3 rings (SSSR count). The number of rotatable bonds is 12. The highest BCUT2D eigenvalue weighted by Gasteiger charge is 2.15. The molecule has 0 aliphatic carbocycles. The minimum absolute atomic E-state index is 0.0728. The Bertz CT molecular complexity index is 1070. The molecule has 0 aliphatic rings. The number of anilines is 1. The highest BCUT2D eigenvalue weighted by atomic mass is 32.2. The van der Waals surface area contributed by atoms with Crippen LogP contribution in [-0.2, 0) is 11.2 Å². The molecule has 0 saturated heterocycles. The van der Waals surface area contributed by atoms with E-state index >= 15 is 0 Å². The molecular formula is C29H34N2O3S. The average Bonchev–Trinajstić information content (AvgIpc) is 2.86. The second-order valence-electron chi connectivity index (χ2n) is 8.27. The third kappa shape index (κ3) is 8.80. The molecule has 35 heavy (non-hydrogen) atoms. The van der Waals surface area contributed by atoms with Gasteiger partial charge < -0.3 is 10.1 Å². The number of hydrogen-bond donors (Lipinski definition) is 1. The molecular weight excluding hydrogens is 456 g/mol. The second-order valence-corrected chi connectivity index (χ2v) is 9.41. The molecule has 0 spiro atoms. The van der Waals surface area contributed by atoms with Crippen LogP contribution in [-0.4, -0.2) is 25.1 Å². The molecule has 2 amide bonds. The van der Waals surface area contributed by atoms with E-state index in [4.69, 9.17) is 4.74 Å². The Morgan fingerprint density at radius 1 is 0.886 bits per heavy atom. The van der Waals surface area contributed by atoms with Crippen molar-refractivity contribution in [2.45, 2.75) is 55.7 Å². The number of carbonyl (C=O) groups is 2. The van der Waals surface area contributed by atoms with Gasteiger partial charge in [-0.25, -0.2) is 4.79 Å². The van der Waals surface area contributed by atoms with E-state index in [-0.39, 0.29) is 12.0 Å². The fraction of sp³-hybridized carbons (Fsp3) is 0.310. The predicted octanol–water partition coefficient (Wildman–Crippen LogP) is 7.10. The molecule has 0 radical (unpaired) electrons. The van der Waals surface area contributed by atoms with Gasteiger partial charge in [0.05, 0.1) is 0 Å². The molecule has 0 fully saturated rings. The quantitative estimate of drug-likeness (QED) is 0.217. The first-order chi connectivity index (χ1) is 17.1. The smallest absolute Gasteiger partial charge is 0.321 e. The monoisotopic (exact) mass is 490 g/mol. The molecule has 0 unspecified atom stereocenters. The number of nitrogens with zero attached hydrogens (tertiary/aromatic N) is 1. The van der Waals surface area contributed by atoms with Gasteiger partial charge in [-0.15, -0.1) is 0 Å². The van der Waals surface area contributed by atoms with Crippen LogP contribution in [0.15, 0.2) is 88.7 Å². The molecule has 0 saturated carbocycles. The van der Waals surface area contributed by atoms with E-state index in [2.05, 4.69) is 24.4 Å². The minimum atomic E-state index is -0.215. The summed E-state index contributed by atoms with van der Waals surface area (Å²) >= 11 is 1.59. The van der Waals surface area contributed by atoms with Gasteiger partial charge in [0.1, 0.15) is 5.75 Å². The second kappa shape index (κ2) is 14.2. The van der Waals surface area contributed by atoms with E-state index in [9.17, 15) is 9.59 Å². The first-order valence-corrected chi connectivity index (χ1v) is 13.1. The number of urea groups is 1. The summed E-state index contributed by atoms with van der Waals surface area (Å²) < 4.78 is 5.40. The Morgan fingerprint density at radius 3 is 2.37 bits per heavy atom. The number of nitrogens with one attached hydrogen (secondary N) is 1. The highest BCUT2D eigenvalue weighted by Crippen LogP contribution is 2.31. The molecule has 0 aromatic heterocycles. The number of ether oxygens (including phenoxy) is 1. The van der Waals surface area contributed by atoms with Crippen molar-refractivity contribution >= 4 is 29.4 Å². The lowest BCUT2D eigenvalue weighted by molar-refractivity contribution is -0.134. The van der Waals surface area contributed by atoms with Crippen LogP contribution in [0.1, 0.15) is 45.1 Å². The normalized spacial score (nSPS) is 10.6. The van der Waals surface area contributed by atoms with Gasteiger partial charge >= 0.3 is 12.0 Å². The molecule has 184 valence electrons. The molecule has 0 heterocycles. The molecule has 1 N–H and O–H groups in total. The molecule has 0 atom stereocenters. The predicted molar refractivity (Wildman–Crippen MR) is 143 cm³/mol. The van der Waals surface area contributed by atoms with Crippen LogP contribution in [0.4, 0.5) is 10.5 Å². The van der Waals surface area contributed by atoms with Gasteiger partial charge in [-0.2, -0.15) is 0 Å². The summed E-state index contributed by atoms with van der Waals surface area (Å²) in [5.41, 5.74) is 2.08. The Kier molecular flexibility index (Phi) is 10.7. The SMILES string of the molecule is CCCCN(C(=O)NCCc1ccccc1)c1ccc(Sc2cccc(OC(=O)CCC)c2)cc1. The lowest BCUT2D eigenvalue weighted by Gasteiger charge is -2.23. The number of benzene rings is 3. The van der Waals surface area contributed by atoms with E-state index in [1.165, 1.54) is 5.56 Å². The van der Waals surface area contributed by atoms with Crippen LogP contribution in [0.5, 0.6) is 5.75 Å². The topological polar surface area (TPSA) is 58.6 Å². The Balaban J connectivity index is 1.61. The maximum atomic E-state index is 13.0. The minimum Gasteiger partial charge on any atom is -0.426 e. The van der Waals surface area contributed by atoms with Crippen LogP contribution < -0.4 is 15.0 Å². The number of esters is 1. The zero-order valence-corrected chi connectivity index (χ0v) is 21.4. The Morgan fingerprint density at radius 2 is 1.66 bits per heavy atom. The fourth-order valence-corrected chi connectivity index (χ4v) is 4.40. The van der Waals surface area contributed by atoms with Crippen molar-refractivity contribution in [2.75, 3.05) is 18.0 Å². The summed E-state index contributed by atoms with van der Waals surface area (Å²) in [5, 5.41) is 3.06. The van der Waals surface area contributed by atoms with Crippen molar-refractivity contribution in [3.05, 3.63) is 84.4 Å². The fourth-order valence-electron chi connectivity index (χ4n) is 3.54. The summed E-state index contributed by atoms with van der Waals surface area (Å²) in [6.07, 6.45) is 3.93. The molecule has 6 heteroatoms. The van der Waals surface area contributed by atoms with Crippen LogP contribution in [0, 0.1) is 0 Å². The van der Waals surface area contributed by atoms with Gasteiger partial charge in [0.15, 0.2) is 0 Å². The van der Waals surface area contributed by atoms with Crippen molar-refractivity contribution in [1.29, 1.82) is 0 Å². The zero-order chi connectivity index (χ0) is 24.9. The summed E-state index contributed by atoms with van der Waals surface area (Å²) in [6.45, 7) is 5.34. The largest absolute Gasteiger partial charge is 0.426 e. The zero-order valence-electron chi connectivity index (χ0n) is 20.5. The van der Waals surface area contributed by atoms with Gasteiger partial charge in [-0.1, -0.05) is 68.4 Å². The van der Waals surface area contributed by atoms with Gasteiger partial charge in [0.25, 0.3) is 0 Å². The van der Waals surface area contributed by atoms with Crippen LogP contribution in [0.25, 0.3) is 0 Å². The number of amides is 2. The lowest BCUT2D eigenvalue weighted by atomic mass is 10.1. The maximum Gasteiger partial charge on any atom is 0.321 e. The summed E-state index contributed by atoms with van der Waals surface area (Å²) in [5.74, 6) is 0.344. The highest BCUT2D eigenvalue weighted by molar-refractivity contribution is 7.99. The third-order valence-corrected chi connectivity index (χ3v) is 6.39. The summed E-state index contributed by atoms with van der Waals surface area (Å²) in [7, 11) is 0. The molecule has 3 aromatic carbocycles. The van der Waals surface area contributed by atoms with Crippen molar-refractivity contribution in [3.63, 3.8) is 0 Å². The number of carbonyl (C=O) groups excluding carboxylic acids is 2. The molecule has 3 aromatic rings. The molecule has 0 bridgehead atoms. The first kappa shape index (κ1) is 26.4. The summed E-state index contributed by atoms with van der Waals surface area (Å²) in [4.78, 5) is 28.6. The number of hydrogen-bond acceptors (Lipinski definition) is 4. The van der Waals surface area contributed by atoms with Crippen LogP contribution in [0.2, 0.25) is 0 Å².